The van der Waals surface area contributed by atoms with Crippen LogP contribution in [-0.2, 0) is 28.5 Å². The number of rotatable bonds is 12. The lowest BCUT2D eigenvalue weighted by atomic mass is 9.97. The maximum atomic E-state index is 11.2. The molecule has 25 heavy (non-hydrogen) atoms. The fourth-order valence-electron chi connectivity index (χ4n) is 2.82. The third kappa shape index (κ3) is 7.58. The topological polar surface area (TPSA) is 89.2 Å². The van der Waals surface area contributed by atoms with E-state index in [4.69, 9.17) is 29.4 Å². The molecule has 1 aliphatic rings. The third-order valence-corrected chi connectivity index (χ3v) is 4.05. The highest BCUT2D eigenvalue weighted by Gasteiger charge is 2.46. The quantitative estimate of drug-likeness (QED) is 0.420. The highest BCUT2D eigenvalue weighted by Crippen LogP contribution is 2.26. The van der Waals surface area contributed by atoms with Crippen molar-refractivity contribution in [1.29, 1.82) is 0 Å². The lowest BCUT2D eigenvalue weighted by Gasteiger charge is -2.44. The number of nitrogens with two attached hydrogens (primary N) is 1. The number of hydrogen-bond acceptors (Lipinski definition) is 7. The van der Waals surface area contributed by atoms with E-state index < -0.39 is 24.5 Å². The molecule has 1 saturated heterocycles. The Morgan fingerprint density at radius 3 is 2.36 bits per heavy atom. The molecule has 0 radical (unpaired) electrons. The smallest absolute Gasteiger partial charge is 0.302 e. The molecule has 7 heteroatoms. The van der Waals surface area contributed by atoms with Crippen LogP contribution in [0.4, 0.5) is 0 Å². The molecule has 1 fully saturated rings. The van der Waals surface area contributed by atoms with Crippen molar-refractivity contribution in [2.75, 3.05) is 26.4 Å². The van der Waals surface area contributed by atoms with E-state index in [0.717, 1.165) is 25.7 Å². The van der Waals surface area contributed by atoms with Gasteiger partial charge in [0.2, 0.25) is 0 Å². The molecule has 7 nitrogen and oxygen atoms in total. The minimum atomic E-state index is -0.601. The zero-order chi connectivity index (χ0) is 18.7. The van der Waals surface area contributed by atoms with E-state index in [9.17, 15) is 4.79 Å². The van der Waals surface area contributed by atoms with Crippen molar-refractivity contribution in [2.24, 2.45) is 5.73 Å². The van der Waals surface area contributed by atoms with Gasteiger partial charge in [0.25, 0.3) is 0 Å². The Balaban J connectivity index is 2.80. The summed E-state index contributed by atoms with van der Waals surface area (Å²) in [6.45, 7) is 9.18. The third-order valence-electron chi connectivity index (χ3n) is 4.05. The first kappa shape index (κ1) is 22.3. The van der Waals surface area contributed by atoms with E-state index in [1.54, 1.807) is 0 Å². The molecule has 1 unspecified atom stereocenters. The number of unbranched alkanes of at least 4 members (excludes halogenated alkanes) is 2. The summed E-state index contributed by atoms with van der Waals surface area (Å²) in [6, 6.07) is -0.460. The van der Waals surface area contributed by atoms with Gasteiger partial charge in [0.1, 0.15) is 24.9 Å². The predicted octanol–water partition coefficient (Wildman–Crippen LogP) is 2.01. The first-order chi connectivity index (χ1) is 12.0. The van der Waals surface area contributed by atoms with Crippen LogP contribution in [-0.4, -0.2) is 63.0 Å². The van der Waals surface area contributed by atoms with Crippen LogP contribution in [0.15, 0.2) is 0 Å². The fourth-order valence-corrected chi connectivity index (χ4v) is 2.82. The van der Waals surface area contributed by atoms with Gasteiger partial charge in [0.15, 0.2) is 6.29 Å². The van der Waals surface area contributed by atoms with Crippen molar-refractivity contribution >= 4 is 5.97 Å². The minimum Gasteiger partial charge on any atom is -0.463 e. The molecule has 0 aromatic heterocycles. The van der Waals surface area contributed by atoms with E-state index in [2.05, 4.69) is 6.92 Å². The predicted molar refractivity (Wildman–Crippen MR) is 94.2 cm³/mol. The normalized spacial score (nSPS) is 29.6. The summed E-state index contributed by atoms with van der Waals surface area (Å²) in [6.07, 6.45) is 2.19. The maximum absolute atomic E-state index is 11.2. The average molecular weight is 361 g/mol. The lowest BCUT2D eigenvalue weighted by Crippen LogP contribution is -2.64. The van der Waals surface area contributed by atoms with Gasteiger partial charge in [-0.2, -0.15) is 0 Å². The van der Waals surface area contributed by atoms with Gasteiger partial charge in [0, 0.05) is 26.7 Å². The summed E-state index contributed by atoms with van der Waals surface area (Å²) in [5, 5.41) is 0. The van der Waals surface area contributed by atoms with Crippen molar-refractivity contribution in [1.82, 2.24) is 0 Å². The fraction of sp³-hybridized carbons (Fsp3) is 0.944. The summed E-state index contributed by atoms with van der Waals surface area (Å²) >= 11 is 0. The Hall–Kier alpha value is -0.730. The Kier molecular flexibility index (Phi) is 11.2. The molecule has 0 bridgehead atoms. The van der Waals surface area contributed by atoms with E-state index in [1.165, 1.54) is 6.92 Å². The van der Waals surface area contributed by atoms with Crippen LogP contribution in [0.1, 0.15) is 53.4 Å². The van der Waals surface area contributed by atoms with Crippen molar-refractivity contribution in [3.8, 4) is 0 Å². The van der Waals surface area contributed by atoms with Gasteiger partial charge in [-0.05, 0) is 19.8 Å². The summed E-state index contributed by atoms with van der Waals surface area (Å²) < 4.78 is 28.7. The van der Waals surface area contributed by atoms with E-state index in [1.807, 2.05) is 13.8 Å². The standard InChI is InChI=1S/C18H35NO6/c1-5-8-9-11-23-18-15(19)17(22-10-6-2)16(21-7-3)14(25-18)12-24-13(4)20/h14-18H,5-12,19H2,1-4H3/t14-,15-,16-,17-,18?/m1/s1. The molecule has 0 spiro atoms. The lowest BCUT2D eigenvalue weighted by molar-refractivity contribution is -0.281. The molecule has 1 rings (SSSR count). The summed E-state index contributed by atoms with van der Waals surface area (Å²) in [7, 11) is 0. The Labute approximate surface area is 151 Å². The van der Waals surface area contributed by atoms with Gasteiger partial charge >= 0.3 is 5.97 Å². The average Bonchev–Trinajstić information content (AvgIpc) is 2.59. The van der Waals surface area contributed by atoms with Gasteiger partial charge in [0.05, 0.1) is 6.04 Å². The highest BCUT2D eigenvalue weighted by molar-refractivity contribution is 5.65. The van der Waals surface area contributed by atoms with Gasteiger partial charge < -0.3 is 29.4 Å². The molecule has 2 N–H and O–H groups in total. The SMILES string of the molecule is CCCCCOC1O[C@H](COC(C)=O)[C@@H](OCC)[C@H](OCCC)[C@H]1N. The molecule has 0 aromatic carbocycles. The molecular weight excluding hydrogens is 326 g/mol. The van der Waals surface area contributed by atoms with Crippen molar-refractivity contribution in [2.45, 2.75) is 84.0 Å². The zero-order valence-corrected chi connectivity index (χ0v) is 16.1. The number of hydrogen-bond donors (Lipinski definition) is 1. The molecule has 0 aliphatic carbocycles. The van der Waals surface area contributed by atoms with Crippen LogP contribution in [0.2, 0.25) is 0 Å². The first-order valence-corrected chi connectivity index (χ1v) is 9.44. The van der Waals surface area contributed by atoms with Crippen LogP contribution in [0.25, 0.3) is 0 Å². The Bertz CT molecular complexity index is 367. The van der Waals surface area contributed by atoms with E-state index in [0.29, 0.717) is 19.8 Å². The molecular formula is C18H35NO6. The monoisotopic (exact) mass is 361 g/mol. The molecule has 1 heterocycles. The van der Waals surface area contributed by atoms with Crippen LogP contribution in [0, 0.1) is 0 Å². The second-order valence-corrected chi connectivity index (χ2v) is 6.26. The van der Waals surface area contributed by atoms with Crippen molar-refractivity contribution in [3.63, 3.8) is 0 Å². The number of carbonyl (C=O) groups excluding carboxylic acids is 1. The second kappa shape index (κ2) is 12.6. The Morgan fingerprint density at radius 1 is 1.00 bits per heavy atom. The Morgan fingerprint density at radius 2 is 1.76 bits per heavy atom. The summed E-state index contributed by atoms with van der Waals surface area (Å²) in [4.78, 5) is 11.2. The van der Waals surface area contributed by atoms with Gasteiger partial charge in [-0.25, -0.2) is 0 Å². The van der Waals surface area contributed by atoms with Crippen molar-refractivity contribution < 1.29 is 28.5 Å². The number of ether oxygens (including phenoxy) is 5. The summed E-state index contributed by atoms with van der Waals surface area (Å²) in [5.74, 6) is -0.361. The van der Waals surface area contributed by atoms with Crippen LogP contribution >= 0.6 is 0 Å². The number of carbonyl (C=O) groups is 1. The molecule has 148 valence electrons. The molecule has 0 amide bonds. The molecule has 1 aliphatic heterocycles. The van der Waals surface area contributed by atoms with E-state index in [-0.39, 0.29) is 18.7 Å². The minimum absolute atomic E-state index is 0.0908. The van der Waals surface area contributed by atoms with Crippen LogP contribution in [0.5, 0.6) is 0 Å². The number of esters is 1. The molecule has 5 atom stereocenters. The van der Waals surface area contributed by atoms with Gasteiger partial charge in [-0.1, -0.05) is 26.7 Å². The van der Waals surface area contributed by atoms with Gasteiger partial charge in [-0.15, -0.1) is 0 Å². The van der Waals surface area contributed by atoms with Gasteiger partial charge in [-0.3, -0.25) is 4.79 Å². The van der Waals surface area contributed by atoms with Crippen molar-refractivity contribution in [3.05, 3.63) is 0 Å². The highest BCUT2D eigenvalue weighted by atomic mass is 16.7. The van der Waals surface area contributed by atoms with Crippen LogP contribution in [0.3, 0.4) is 0 Å². The molecule has 0 saturated carbocycles. The molecule has 0 aromatic rings. The van der Waals surface area contributed by atoms with E-state index >= 15 is 0 Å². The first-order valence-electron chi connectivity index (χ1n) is 9.44. The second-order valence-electron chi connectivity index (χ2n) is 6.26. The maximum Gasteiger partial charge on any atom is 0.302 e. The largest absolute Gasteiger partial charge is 0.463 e. The zero-order valence-electron chi connectivity index (χ0n) is 16.1. The summed E-state index contributed by atoms with van der Waals surface area (Å²) in [5.41, 5.74) is 6.35. The van der Waals surface area contributed by atoms with Crippen LogP contribution < -0.4 is 5.73 Å².